The van der Waals surface area contributed by atoms with Crippen LogP contribution in [0.5, 0.6) is 5.75 Å². The SMILES string of the molecule is C/C(Cc1ccc(OCc2cc(C)ccc2C)cc1)=N/O. The van der Waals surface area contributed by atoms with Crippen LogP contribution in [0.2, 0.25) is 0 Å². The number of benzene rings is 2. The van der Waals surface area contributed by atoms with Crippen molar-refractivity contribution in [1.82, 2.24) is 0 Å². The third kappa shape index (κ3) is 4.35. The van der Waals surface area contributed by atoms with E-state index in [2.05, 4.69) is 37.2 Å². The van der Waals surface area contributed by atoms with Gasteiger partial charge in [0.25, 0.3) is 0 Å². The third-order valence-corrected chi connectivity index (χ3v) is 3.45. The van der Waals surface area contributed by atoms with E-state index in [1.54, 1.807) is 6.92 Å². The van der Waals surface area contributed by atoms with Crippen molar-refractivity contribution in [2.45, 2.75) is 33.8 Å². The second-order valence-corrected chi connectivity index (χ2v) is 5.37. The second kappa shape index (κ2) is 6.93. The minimum Gasteiger partial charge on any atom is -0.489 e. The maximum Gasteiger partial charge on any atom is 0.119 e. The van der Waals surface area contributed by atoms with Crippen LogP contribution in [0.15, 0.2) is 47.6 Å². The van der Waals surface area contributed by atoms with Crippen molar-refractivity contribution in [1.29, 1.82) is 0 Å². The summed E-state index contributed by atoms with van der Waals surface area (Å²) in [6.07, 6.45) is 0.647. The van der Waals surface area contributed by atoms with Gasteiger partial charge >= 0.3 is 0 Å². The van der Waals surface area contributed by atoms with Crippen LogP contribution in [-0.2, 0) is 13.0 Å². The first-order valence-electron chi connectivity index (χ1n) is 7.04. The predicted molar refractivity (Wildman–Crippen MR) is 85.3 cm³/mol. The molecule has 0 spiro atoms. The van der Waals surface area contributed by atoms with Gasteiger partial charge in [-0.2, -0.15) is 0 Å². The van der Waals surface area contributed by atoms with Gasteiger partial charge in [-0.1, -0.05) is 41.1 Å². The maximum absolute atomic E-state index is 8.67. The minimum absolute atomic E-state index is 0.573. The maximum atomic E-state index is 8.67. The fraction of sp³-hybridized carbons (Fsp3) is 0.278. The first-order chi connectivity index (χ1) is 10.1. The van der Waals surface area contributed by atoms with Gasteiger partial charge in [0.2, 0.25) is 0 Å². The monoisotopic (exact) mass is 283 g/mol. The van der Waals surface area contributed by atoms with Crippen LogP contribution in [0, 0.1) is 13.8 Å². The normalized spacial score (nSPS) is 11.5. The quantitative estimate of drug-likeness (QED) is 0.505. The van der Waals surface area contributed by atoms with Gasteiger partial charge in [0, 0.05) is 6.42 Å². The Morgan fingerprint density at radius 3 is 2.48 bits per heavy atom. The smallest absolute Gasteiger partial charge is 0.119 e. The highest BCUT2D eigenvalue weighted by Crippen LogP contribution is 2.17. The molecule has 3 heteroatoms. The molecular weight excluding hydrogens is 262 g/mol. The van der Waals surface area contributed by atoms with E-state index in [1.807, 2.05) is 24.3 Å². The lowest BCUT2D eigenvalue weighted by atomic mass is 10.1. The van der Waals surface area contributed by atoms with E-state index in [9.17, 15) is 0 Å². The average Bonchev–Trinajstić information content (AvgIpc) is 2.49. The number of oxime groups is 1. The van der Waals surface area contributed by atoms with E-state index in [4.69, 9.17) is 9.94 Å². The predicted octanol–water partition coefficient (Wildman–Crippen LogP) is 4.28. The van der Waals surface area contributed by atoms with E-state index >= 15 is 0 Å². The van der Waals surface area contributed by atoms with E-state index < -0.39 is 0 Å². The number of rotatable bonds is 5. The summed E-state index contributed by atoms with van der Waals surface area (Å²) < 4.78 is 5.83. The molecule has 0 saturated heterocycles. The molecule has 0 bridgehead atoms. The minimum atomic E-state index is 0.573. The Kier molecular flexibility index (Phi) is 4.99. The van der Waals surface area contributed by atoms with Gasteiger partial charge in [0.05, 0.1) is 5.71 Å². The number of aryl methyl sites for hydroxylation is 2. The summed E-state index contributed by atoms with van der Waals surface area (Å²) in [5.41, 5.74) is 5.49. The lowest BCUT2D eigenvalue weighted by Crippen LogP contribution is -2.00. The van der Waals surface area contributed by atoms with Crippen molar-refractivity contribution in [3.8, 4) is 5.75 Å². The molecule has 1 N–H and O–H groups in total. The van der Waals surface area contributed by atoms with Crippen LogP contribution in [0.4, 0.5) is 0 Å². The summed E-state index contributed by atoms with van der Waals surface area (Å²) in [4.78, 5) is 0. The Bertz CT molecular complexity index is 630. The Morgan fingerprint density at radius 2 is 1.81 bits per heavy atom. The lowest BCUT2D eigenvalue weighted by Gasteiger charge is -2.10. The van der Waals surface area contributed by atoms with Crippen molar-refractivity contribution in [3.05, 3.63) is 64.7 Å². The van der Waals surface area contributed by atoms with Crippen LogP contribution >= 0.6 is 0 Å². The first-order valence-corrected chi connectivity index (χ1v) is 7.04. The fourth-order valence-electron chi connectivity index (χ4n) is 2.15. The molecule has 0 unspecified atom stereocenters. The highest BCUT2D eigenvalue weighted by molar-refractivity contribution is 5.83. The number of hydrogen-bond donors (Lipinski definition) is 1. The van der Waals surface area contributed by atoms with Gasteiger partial charge < -0.3 is 9.94 Å². The van der Waals surface area contributed by atoms with Gasteiger partial charge in [0.15, 0.2) is 0 Å². The molecule has 0 radical (unpaired) electrons. The summed E-state index contributed by atoms with van der Waals surface area (Å²) in [5.74, 6) is 0.846. The molecule has 3 nitrogen and oxygen atoms in total. The van der Waals surface area contributed by atoms with Crippen molar-refractivity contribution in [3.63, 3.8) is 0 Å². The zero-order valence-electron chi connectivity index (χ0n) is 12.8. The van der Waals surface area contributed by atoms with Gasteiger partial charge in [0.1, 0.15) is 12.4 Å². The molecule has 0 amide bonds. The van der Waals surface area contributed by atoms with Crippen molar-refractivity contribution in [2.24, 2.45) is 5.16 Å². The van der Waals surface area contributed by atoms with Gasteiger partial charge in [-0.25, -0.2) is 0 Å². The third-order valence-electron chi connectivity index (χ3n) is 3.45. The molecule has 0 atom stereocenters. The molecule has 0 aliphatic rings. The number of nitrogens with zero attached hydrogens (tertiary/aromatic N) is 1. The van der Waals surface area contributed by atoms with Crippen LogP contribution in [0.1, 0.15) is 29.2 Å². The zero-order valence-corrected chi connectivity index (χ0v) is 12.8. The Labute approximate surface area is 125 Å². The average molecular weight is 283 g/mol. The Morgan fingerprint density at radius 1 is 1.10 bits per heavy atom. The van der Waals surface area contributed by atoms with Crippen LogP contribution in [0.25, 0.3) is 0 Å². The van der Waals surface area contributed by atoms with E-state index in [-0.39, 0.29) is 0 Å². The molecule has 0 aliphatic heterocycles. The molecular formula is C18H21NO2. The standard InChI is InChI=1S/C18H21NO2/c1-13-4-5-14(2)17(10-13)12-21-18-8-6-16(7-9-18)11-15(3)19-20/h4-10,20H,11-12H2,1-3H3/b19-15-. The molecule has 2 aromatic carbocycles. The van der Waals surface area contributed by atoms with Crippen molar-refractivity contribution in [2.75, 3.05) is 0 Å². The number of ether oxygens (including phenoxy) is 1. The molecule has 0 aromatic heterocycles. The summed E-state index contributed by atoms with van der Waals surface area (Å²) in [7, 11) is 0. The topological polar surface area (TPSA) is 41.8 Å². The van der Waals surface area contributed by atoms with E-state index in [0.29, 0.717) is 18.7 Å². The van der Waals surface area contributed by atoms with Crippen LogP contribution in [-0.4, -0.2) is 10.9 Å². The van der Waals surface area contributed by atoms with Crippen LogP contribution < -0.4 is 4.74 Å². The Hall–Kier alpha value is -2.29. The molecule has 0 fully saturated rings. The summed E-state index contributed by atoms with van der Waals surface area (Å²) in [6, 6.07) is 14.3. The highest BCUT2D eigenvalue weighted by atomic mass is 16.5. The molecule has 0 aliphatic carbocycles. The largest absolute Gasteiger partial charge is 0.489 e. The fourth-order valence-corrected chi connectivity index (χ4v) is 2.15. The van der Waals surface area contributed by atoms with Gasteiger partial charge in [-0.15, -0.1) is 0 Å². The molecule has 110 valence electrons. The first kappa shape index (κ1) is 15.1. The van der Waals surface area contributed by atoms with Gasteiger partial charge in [-0.3, -0.25) is 0 Å². The molecule has 2 aromatic rings. The van der Waals surface area contributed by atoms with Gasteiger partial charge in [-0.05, 0) is 49.6 Å². The second-order valence-electron chi connectivity index (χ2n) is 5.37. The van der Waals surface area contributed by atoms with Crippen molar-refractivity contribution < 1.29 is 9.94 Å². The molecule has 0 saturated carbocycles. The van der Waals surface area contributed by atoms with Crippen LogP contribution in [0.3, 0.4) is 0 Å². The Balaban J connectivity index is 1.99. The van der Waals surface area contributed by atoms with E-state index in [1.165, 1.54) is 16.7 Å². The zero-order chi connectivity index (χ0) is 15.2. The summed E-state index contributed by atoms with van der Waals surface area (Å²) >= 11 is 0. The summed E-state index contributed by atoms with van der Waals surface area (Å²) in [6.45, 7) is 6.55. The highest BCUT2D eigenvalue weighted by Gasteiger charge is 2.02. The molecule has 0 heterocycles. The molecule has 21 heavy (non-hydrogen) atoms. The van der Waals surface area contributed by atoms with E-state index in [0.717, 1.165) is 11.3 Å². The lowest BCUT2D eigenvalue weighted by molar-refractivity contribution is 0.305. The summed E-state index contributed by atoms with van der Waals surface area (Å²) in [5, 5.41) is 11.9. The number of hydrogen-bond acceptors (Lipinski definition) is 3. The van der Waals surface area contributed by atoms with Crippen molar-refractivity contribution >= 4 is 5.71 Å². The molecule has 2 rings (SSSR count).